The highest BCUT2D eigenvalue weighted by atomic mass is 127. The Morgan fingerprint density at radius 2 is 1.38 bits per heavy atom. The largest absolute Gasteiger partial charge is 0.504 e. The summed E-state index contributed by atoms with van der Waals surface area (Å²) in [5.41, 5.74) is -0.392. The maximum atomic E-state index is 9.47. The first-order valence-corrected chi connectivity index (χ1v) is 5.45. The molecule has 7 nitrogen and oxygen atoms in total. The predicted molar refractivity (Wildman–Crippen MR) is 67.8 cm³/mol. The Morgan fingerprint density at radius 1 is 0.875 bits per heavy atom. The number of hydrogen-bond donors (Lipinski definition) is 5. The summed E-state index contributed by atoms with van der Waals surface area (Å²) in [6, 6.07) is 0. The molecular weight excluding hydrogens is 450 g/mol. The van der Waals surface area contributed by atoms with E-state index in [1.165, 1.54) is 46.0 Å². The number of rotatable bonds is 3. The second-order valence-corrected chi connectivity index (χ2v) is 3.60. The summed E-state index contributed by atoms with van der Waals surface area (Å²) in [5, 5.41) is 46.7. The first kappa shape index (κ1) is 13.7. The Balaban J connectivity index is 3.57. The van der Waals surface area contributed by atoms with Crippen LogP contribution in [0, 0.1) is 0 Å². The Morgan fingerprint density at radius 3 is 1.81 bits per heavy atom. The van der Waals surface area contributed by atoms with Crippen molar-refractivity contribution in [1.82, 2.24) is 0 Å². The summed E-state index contributed by atoms with van der Waals surface area (Å²) in [4.78, 5) is 0. The van der Waals surface area contributed by atoms with Gasteiger partial charge in [-0.1, -0.05) is 0 Å². The SMILES string of the molecule is Oc1c(O)c(O)c(C(O)OI)c(OI)c1O. The first-order chi connectivity index (χ1) is 7.45. The van der Waals surface area contributed by atoms with E-state index in [9.17, 15) is 25.5 Å². The Kier molecular flexibility index (Phi) is 4.52. The lowest BCUT2D eigenvalue weighted by Gasteiger charge is -2.16. The van der Waals surface area contributed by atoms with Gasteiger partial charge in [0.2, 0.25) is 17.2 Å². The van der Waals surface area contributed by atoms with Gasteiger partial charge in [-0.05, 0) is 0 Å². The third-order valence-electron chi connectivity index (χ3n) is 1.80. The minimum absolute atomic E-state index is 0.392. The number of halogens is 2. The first-order valence-electron chi connectivity index (χ1n) is 3.69. The molecule has 16 heavy (non-hydrogen) atoms. The van der Waals surface area contributed by atoms with Gasteiger partial charge in [-0.2, -0.15) is 0 Å². The van der Waals surface area contributed by atoms with E-state index in [-0.39, 0.29) is 0 Å². The quantitative estimate of drug-likeness (QED) is 0.203. The maximum absolute atomic E-state index is 9.47. The highest BCUT2D eigenvalue weighted by molar-refractivity contribution is 14.1. The fraction of sp³-hybridized carbons (Fsp3) is 0.143. The summed E-state index contributed by atoms with van der Waals surface area (Å²) in [5.74, 6) is -3.98. The number of benzene rings is 1. The van der Waals surface area contributed by atoms with Gasteiger partial charge >= 0.3 is 0 Å². The third kappa shape index (κ3) is 2.16. The molecule has 1 atom stereocenters. The average Bonchev–Trinajstić information content (AvgIpc) is 2.29. The van der Waals surface area contributed by atoms with E-state index in [1.54, 1.807) is 0 Å². The molecule has 0 spiro atoms. The van der Waals surface area contributed by atoms with Crippen LogP contribution in [-0.4, -0.2) is 25.5 Å². The predicted octanol–water partition coefficient (Wildman–Crippen LogP) is 1.60. The van der Waals surface area contributed by atoms with E-state index in [0.717, 1.165) is 0 Å². The summed E-state index contributed by atoms with van der Waals surface area (Å²) in [6.45, 7) is 0. The molecule has 0 heterocycles. The molecule has 5 N–H and O–H groups in total. The van der Waals surface area contributed by atoms with E-state index < -0.39 is 40.6 Å². The highest BCUT2D eigenvalue weighted by Crippen LogP contribution is 2.53. The fourth-order valence-corrected chi connectivity index (χ4v) is 1.75. The smallest absolute Gasteiger partial charge is 0.208 e. The average molecular weight is 456 g/mol. The van der Waals surface area contributed by atoms with Crippen LogP contribution in [0.4, 0.5) is 0 Å². The maximum Gasteiger partial charge on any atom is 0.208 e. The molecule has 0 aliphatic rings. The van der Waals surface area contributed by atoms with Crippen molar-refractivity contribution in [2.75, 3.05) is 0 Å². The van der Waals surface area contributed by atoms with Gasteiger partial charge in [0, 0.05) is 0 Å². The van der Waals surface area contributed by atoms with Gasteiger partial charge in [-0.3, -0.25) is 3.07 Å². The van der Waals surface area contributed by atoms with E-state index >= 15 is 0 Å². The van der Waals surface area contributed by atoms with E-state index in [0.29, 0.717) is 0 Å². The van der Waals surface area contributed by atoms with Crippen LogP contribution in [0.1, 0.15) is 11.9 Å². The van der Waals surface area contributed by atoms with Crippen LogP contribution in [-0.2, 0) is 3.07 Å². The van der Waals surface area contributed by atoms with Crippen LogP contribution in [0.3, 0.4) is 0 Å². The van der Waals surface area contributed by atoms with Gasteiger partial charge in [-0.15, -0.1) is 0 Å². The van der Waals surface area contributed by atoms with E-state index in [2.05, 4.69) is 6.13 Å². The van der Waals surface area contributed by atoms with Crippen molar-refractivity contribution in [3.8, 4) is 28.7 Å². The monoisotopic (exact) mass is 456 g/mol. The summed E-state index contributed by atoms with van der Waals surface area (Å²) < 4.78 is 9.15. The van der Waals surface area contributed by atoms with Gasteiger partial charge in [0.05, 0.1) is 0 Å². The normalized spacial score (nSPS) is 12.4. The zero-order valence-corrected chi connectivity index (χ0v) is 11.7. The van der Waals surface area contributed by atoms with Gasteiger partial charge in [0.15, 0.2) is 40.8 Å². The molecule has 1 unspecified atom stereocenters. The number of aliphatic hydroxyl groups is 1. The van der Waals surface area contributed by atoms with Gasteiger partial charge in [0.25, 0.3) is 0 Å². The molecule has 0 aromatic heterocycles. The lowest BCUT2D eigenvalue weighted by Crippen LogP contribution is -2.00. The highest BCUT2D eigenvalue weighted by Gasteiger charge is 2.29. The topological polar surface area (TPSA) is 120 Å². The Hall–Kier alpha value is -0.400. The Labute approximate surface area is 118 Å². The Bertz CT molecular complexity index is 408. The molecule has 9 heteroatoms. The van der Waals surface area contributed by atoms with Gasteiger partial charge < -0.3 is 28.6 Å². The van der Waals surface area contributed by atoms with Crippen molar-refractivity contribution in [2.24, 2.45) is 0 Å². The molecular formula is C7H6I2O7. The molecule has 0 saturated heterocycles. The van der Waals surface area contributed by atoms with Crippen molar-refractivity contribution >= 4 is 46.0 Å². The van der Waals surface area contributed by atoms with Crippen molar-refractivity contribution in [3.63, 3.8) is 0 Å². The molecule has 1 aromatic rings. The minimum Gasteiger partial charge on any atom is -0.504 e. The van der Waals surface area contributed by atoms with E-state index in [1.807, 2.05) is 0 Å². The van der Waals surface area contributed by atoms with Crippen LogP contribution < -0.4 is 3.07 Å². The van der Waals surface area contributed by atoms with Crippen molar-refractivity contribution < 1.29 is 31.7 Å². The number of phenolic OH excluding ortho intramolecular Hbond substituents is 4. The summed E-state index contributed by atoms with van der Waals surface area (Å²) in [6.07, 6.45) is -1.64. The van der Waals surface area contributed by atoms with Gasteiger partial charge in [-0.25, -0.2) is 0 Å². The molecule has 90 valence electrons. The molecule has 0 radical (unpaired) electrons. The lowest BCUT2D eigenvalue weighted by atomic mass is 10.1. The molecule has 1 aromatic carbocycles. The molecule has 0 fully saturated rings. The molecule has 0 aliphatic carbocycles. The third-order valence-corrected chi connectivity index (χ3v) is 2.72. The van der Waals surface area contributed by atoms with E-state index in [4.69, 9.17) is 0 Å². The zero-order chi connectivity index (χ0) is 12.5. The van der Waals surface area contributed by atoms with Crippen LogP contribution in [0.15, 0.2) is 0 Å². The van der Waals surface area contributed by atoms with Gasteiger partial charge in [0.1, 0.15) is 28.6 Å². The van der Waals surface area contributed by atoms with Crippen molar-refractivity contribution in [1.29, 1.82) is 0 Å². The van der Waals surface area contributed by atoms with Crippen LogP contribution >= 0.6 is 46.0 Å². The fourth-order valence-electron chi connectivity index (χ4n) is 1.05. The molecule has 0 saturated carbocycles. The van der Waals surface area contributed by atoms with Crippen LogP contribution in [0.2, 0.25) is 0 Å². The second kappa shape index (κ2) is 5.29. The number of aromatic hydroxyl groups is 4. The molecule has 1 rings (SSSR count). The number of phenols is 4. The number of aliphatic hydroxyl groups excluding tert-OH is 1. The summed E-state index contributed by atoms with van der Waals surface area (Å²) >= 11 is 2.72. The van der Waals surface area contributed by atoms with Crippen molar-refractivity contribution in [3.05, 3.63) is 5.56 Å². The molecule has 0 aliphatic heterocycles. The summed E-state index contributed by atoms with van der Waals surface area (Å²) in [7, 11) is 0. The number of hydrogen-bond acceptors (Lipinski definition) is 7. The van der Waals surface area contributed by atoms with Crippen molar-refractivity contribution in [2.45, 2.75) is 6.29 Å². The molecule has 0 bridgehead atoms. The standard InChI is InChI=1S/C7H6I2O7/c8-15-6-1(7(14)16-9)2(10)3(11)4(12)5(6)13/h7,10-14H. The van der Waals surface area contributed by atoms with Crippen LogP contribution in [0.25, 0.3) is 0 Å². The minimum atomic E-state index is -1.64. The lowest BCUT2D eigenvalue weighted by molar-refractivity contribution is 0.0133. The molecule has 0 amide bonds. The zero-order valence-electron chi connectivity index (χ0n) is 7.39. The van der Waals surface area contributed by atoms with Crippen LogP contribution in [0.5, 0.6) is 28.7 Å². The second-order valence-electron chi connectivity index (χ2n) is 2.66.